The maximum Gasteiger partial charge on any atom is 0.352 e. The molecule has 3 aromatic rings. The number of aromatic amines is 1. The van der Waals surface area contributed by atoms with E-state index >= 15 is 0 Å². The highest BCUT2D eigenvalue weighted by molar-refractivity contribution is 7.74. The Morgan fingerprint density at radius 1 is 1.25 bits per heavy atom. The van der Waals surface area contributed by atoms with Crippen LogP contribution in [0.25, 0.3) is 22.0 Å². The van der Waals surface area contributed by atoms with Gasteiger partial charge in [0.25, 0.3) is 0 Å². The van der Waals surface area contributed by atoms with Gasteiger partial charge in [-0.25, -0.2) is 9.00 Å². The summed E-state index contributed by atoms with van der Waals surface area (Å²) in [6, 6.07) is 12.4. The van der Waals surface area contributed by atoms with Gasteiger partial charge in [-0.1, -0.05) is 56.3 Å². The number of hydrogen-bond donors (Lipinski definition) is 3. The highest BCUT2D eigenvalue weighted by Crippen LogP contribution is 2.36. The van der Waals surface area contributed by atoms with Gasteiger partial charge in [0.2, 0.25) is 0 Å². The summed E-state index contributed by atoms with van der Waals surface area (Å²) in [5.41, 5.74) is 8.01. The topological polar surface area (TPSA) is 128 Å². The predicted octanol–water partition coefficient (Wildman–Crippen LogP) is 3.60. The first-order chi connectivity index (χ1) is 13.1. The van der Waals surface area contributed by atoms with E-state index < -0.39 is 23.1 Å². The molecule has 0 aliphatic heterocycles. The third kappa shape index (κ3) is 3.72. The number of nitrogens with one attached hydrogen (secondary N) is 1. The van der Waals surface area contributed by atoms with Crippen molar-refractivity contribution in [2.75, 3.05) is 0 Å². The molecule has 2 aromatic carbocycles. The fourth-order valence-corrected chi connectivity index (χ4v) is 3.72. The van der Waals surface area contributed by atoms with Gasteiger partial charge in [-0.15, -0.1) is 0 Å². The van der Waals surface area contributed by atoms with Crippen LogP contribution in [-0.4, -0.2) is 24.8 Å². The van der Waals surface area contributed by atoms with Crippen molar-refractivity contribution >= 4 is 28.2 Å². The summed E-state index contributed by atoms with van der Waals surface area (Å²) in [5, 5.41) is 10.5. The highest BCUT2D eigenvalue weighted by atomic mass is 32.2. The Hall–Kier alpha value is -2.52. The molecule has 2 unspecified atom stereocenters. The Balaban J connectivity index is 2.16. The first-order valence-electron chi connectivity index (χ1n) is 8.68. The molecule has 1 aromatic heterocycles. The summed E-state index contributed by atoms with van der Waals surface area (Å²) in [5.74, 6) is -0.832. The van der Waals surface area contributed by atoms with Crippen molar-refractivity contribution in [2.45, 2.75) is 32.4 Å². The van der Waals surface area contributed by atoms with Crippen molar-refractivity contribution in [1.82, 2.24) is 4.98 Å². The second kappa shape index (κ2) is 7.48. The molecule has 0 saturated carbocycles. The number of H-pyrrole nitrogens is 1. The predicted molar refractivity (Wildman–Crippen MR) is 106 cm³/mol. The van der Waals surface area contributed by atoms with Gasteiger partial charge in [-0.05, 0) is 29.5 Å². The summed E-state index contributed by atoms with van der Waals surface area (Å²) in [7, 11) is 0. The molecule has 0 radical (unpaired) electrons. The Kier molecular flexibility index (Phi) is 5.40. The minimum absolute atomic E-state index is 0.100. The van der Waals surface area contributed by atoms with E-state index in [0.717, 1.165) is 16.5 Å². The second-order valence-electron chi connectivity index (χ2n) is 7.08. The molecular weight excluding hydrogens is 380 g/mol. The molecule has 0 fully saturated rings. The van der Waals surface area contributed by atoms with Crippen molar-refractivity contribution in [3.8, 4) is 11.1 Å². The lowest BCUT2D eigenvalue weighted by atomic mass is 9.95. The van der Waals surface area contributed by atoms with Crippen LogP contribution in [0.5, 0.6) is 0 Å². The van der Waals surface area contributed by atoms with Gasteiger partial charge in [0.15, 0.2) is 5.72 Å². The van der Waals surface area contributed by atoms with Gasteiger partial charge >= 0.3 is 5.97 Å². The van der Waals surface area contributed by atoms with Gasteiger partial charge in [0, 0.05) is 10.9 Å². The fraction of sp³-hybridized carbons (Fsp3) is 0.250. The zero-order chi connectivity index (χ0) is 20.6. The number of hydrogen-bond acceptors (Lipinski definition) is 5. The van der Waals surface area contributed by atoms with Crippen molar-refractivity contribution < 1.29 is 22.8 Å². The van der Waals surface area contributed by atoms with Crippen LogP contribution in [0.2, 0.25) is 0 Å². The Labute approximate surface area is 165 Å². The molecule has 4 N–H and O–H groups in total. The number of para-hydroxylation sites is 1. The second-order valence-corrected chi connectivity index (χ2v) is 7.65. The number of rotatable bonds is 6. The van der Waals surface area contributed by atoms with Gasteiger partial charge in [0.05, 0.1) is 16.9 Å². The summed E-state index contributed by atoms with van der Waals surface area (Å²) in [4.78, 5) is 14.9. The quantitative estimate of drug-likeness (QED) is 0.428. The van der Waals surface area contributed by atoms with Gasteiger partial charge < -0.3 is 14.6 Å². The SMILES string of the molecule is CC(C)c1cccc2c(-c3ccc(C(C)(N)OS(=O)[O-])cc3)c(C(=O)O)[nH]c12. The molecule has 0 aliphatic rings. The van der Waals surface area contributed by atoms with E-state index in [1.54, 1.807) is 24.3 Å². The summed E-state index contributed by atoms with van der Waals surface area (Å²) in [6.07, 6.45) is 0. The van der Waals surface area contributed by atoms with Gasteiger partial charge in [0.1, 0.15) is 5.69 Å². The largest absolute Gasteiger partial charge is 0.750 e. The molecular formula is C20H21N2O5S-. The monoisotopic (exact) mass is 401 g/mol. The molecule has 0 bridgehead atoms. The van der Waals surface area contributed by atoms with E-state index in [0.29, 0.717) is 16.7 Å². The molecule has 148 valence electrons. The minimum Gasteiger partial charge on any atom is -0.750 e. The van der Waals surface area contributed by atoms with Crippen LogP contribution < -0.4 is 5.73 Å². The number of benzene rings is 2. The van der Waals surface area contributed by atoms with Crippen LogP contribution in [0.3, 0.4) is 0 Å². The summed E-state index contributed by atoms with van der Waals surface area (Å²) < 4.78 is 26.4. The number of aromatic nitrogens is 1. The molecule has 0 aliphatic carbocycles. The van der Waals surface area contributed by atoms with Crippen molar-refractivity contribution in [1.29, 1.82) is 0 Å². The van der Waals surface area contributed by atoms with Crippen LogP contribution in [0.1, 0.15) is 48.3 Å². The van der Waals surface area contributed by atoms with Crippen LogP contribution in [0.4, 0.5) is 0 Å². The van der Waals surface area contributed by atoms with E-state index in [-0.39, 0.29) is 11.6 Å². The van der Waals surface area contributed by atoms with E-state index in [2.05, 4.69) is 4.98 Å². The number of fused-ring (bicyclic) bond motifs is 1. The number of nitrogens with two attached hydrogens (primary N) is 1. The number of carboxylic acid groups (broad SMARTS) is 1. The zero-order valence-corrected chi connectivity index (χ0v) is 16.5. The van der Waals surface area contributed by atoms with Crippen LogP contribution in [-0.2, 0) is 21.3 Å². The molecule has 28 heavy (non-hydrogen) atoms. The Morgan fingerprint density at radius 3 is 2.43 bits per heavy atom. The molecule has 3 rings (SSSR count). The van der Waals surface area contributed by atoms with Crippen molar-refractivity contribution in [2.24, 2.45) is 5.73 Å². The molecule has 8 heteroatoms. The fourth-order valence-electron chi connectivity index (χ4n) is 3.34. The molecule has 2 atom stereocenters. The van der Waals surface area contributed by atoms with Gasteiger partial charge in [-0.3, -0.25) is 9.92 Å². The Morgan fingerprint density at radius 2 is 1.89 bits per heavy atom. The van der Waals surface area contributed by atoms with E-state index in [1.165, 1.54) is 6.92 Å². The minimum atomic E-state index is -2.76. The van der Waals surface area contributed by atoms with E-state index in [1.807, 2.05) is 32.0 Å². The van der Waals surface area contributed by atoms with E-state index in [9.17, 15) is 18.7 Å². The van der Waals surface area contributed by atoms with Crippen LogP contribution in [0, 0.1) is 0 Å². The van der Waals surface area contributed by atoms with Crippen LogP contribution >= 0.6 is 0 Å². The summed E-state index contributed by atoms with van der Waals surface area (Å²) in [6.45, 7) is 5.53. The maximum atomic E-state index is 11.9. The lowest BCUT2D eigenvalue weighted by Gasteiger charge is -2.26. The smallest absolute Gasteiger partial charge is 0.352 e. The maximum absolute atomic E-state index is 11.9. The van der Waals surface area contributed by atoms with E-state index in [4.69, 9.17) is 9.92 Å². The van der Waals surface area contributed by atoms with Gasteiger partial charge in [-0.2, -0.15) is 0 Å². The number of carboxylic acids is 1. The average molecular weight is 401 g/mol. The first-order valence-corrected chi connectivity index (χ1v) is 9.68. The van der Waals surface area contributed by atoms with Crippen molar-refractivity contribution in [3.63, 3.8) is 0 Å². The summed E-state index contributed by atoms with van der Waals surface area (Å²) >= 11 is -2.76. The zero-order valence-electron chi connectivity index (χ0n) is 15.7. The third-order valence-electron chi connectivity index (χ3n) is 4.69. The Bertz CT molecular complexity index is 1050. The van der Waals surface area contributed by atoms with Crippen LogP contribution in [0.15, 0.2) is 42.5 Å². The average Bonchev–Trinajstić information content (AvgIpc) is 3.00. The molecule has 0 saturated heterocycles. The standard InChI is InChI=1S/C20H22N2O5S/c1-11(2)14-5-4-6-15-16(18(19(23)24)22-17(14)15)12-7-9-13(10-8-12)20(3,21)27-28(25)26/h4-11,22H,21H2,1-3H3,(H,23,24)(H,25,26)/p-1. The molecule has 7 nitrogen and oxygen atoms in total. The number of carbonyl (C=O) groups is 1. The molecule has 0 amide bonds. The molecule has 1 heterocycles. The van der Waals surface area contributed by atoms with Crippen molar-refractivity contribution in [3.05, 3.63) is 59.3 Å². The lowest BCUT2D eigenvalue weighted by Crippen LogP contribution is -2.36. The lowest BCUT2D eigenvalue weighted by molar-refractivity contribution is 0.0692. The highest BCUT2D eigenvalue weighted by Gasteiger charge is 2.25. The third-order valence-corrected chi connectivity index (χ3v) is 5.17. The molecule has 0 spiro atoms. The number of aromatic carboxylic acids is 1. The first kappa shape index (κ1) is 20.2. The normalized spacial score (nSPS) is 14.9.